The molecule has 7 nitrogen and oxygen atoms in total. The van der Waals surface area contributed by atoms with Gasteiger partial charge in [-0.3, -0.25) is 9.78 Å². The molecule has 23 heavy (non-hydrogen) atoms. The van der Waals surface area contributed by atoms with Gasteiger partial charge in [-0.15, -0.1) is 5.10 Å². The second-order valence-electron chi connectivity index (χ2n) is 5.07. The SMILES string of the molecule is Cc1cc(C)n2nc(SCC(=O)NCc3cccnc3)nc2n1. The normalized spacial score (nSPS) is 10.9. The van der Waals surface area contributed by atoms with Crippen molar-refractivity contribution in [1.82, 2.24) is 29.9 Å². The van der Waals surface area contributed by atoms with Gasteiger partial charge in [0.25, 0.3) is 5.78 Å². The van der Waals surface area contributed by atoms with E-state index in [1.165, 1.54) is 11.8 Å². The minimum absolute atomic E-state index is 0.0708. The van der Waals surface area contributed by atoms with E-state index in [2.05, 4.69) is 25.4 Å². The Labute approximate surface area is 137 Å². The van der Waals surface area contributed by atoms with Gasteiger partial charge in [-0.25, -0.2) is 9.50 Å². The molecule has 0 aliphatic heterocycles. The zero-order chi connectivity index (χ0) is 16.2. The summed E-state index contributed by atoms with van der Waals surface area (Å²) in [4.78, 5) is 24.6. The summed E-state index contributed by atoms with van der Waals surface area (Å²) in [5, 5.41) is 7.75. The van der Waals surface area contributed by atoms with Crippen LogP contribution < -0.4 is 5.32 Å². The molecule has 0 saturated heterocycles. The van der Waals surface area contributed by atoms with E-state index in [1.807, 2.05) is 32.0 Å². The molecule has 0 aliphatic rings. The van der Waals surface area contributed by atoms with Crippen LogP contribution in [0.4, 0.5) is 0 Å². The Morgan fingerprint density at radius 3 is 3.00 bits per heavy atom. The fourth-order valence-electron chi connectivity index (χ4n) is 2.09. The third kappa shape index (κ3) is 3.84. The molecule has 0 atom stereocenters. The molecule has 0 radical (unpaired) electrons. The van der Waals surface area contributed by atoms with Crippen LogP contribution in [0.15, 0.2) is 35.7 Å². The molecule has 8 heteroatoms. The van der Waals surface area contributed by atoms with Gasteiger partial charge in [0.05, 0.1) is 5.75 Å². The number of thioether (sulfide) groups is 1. The Morgan fingerprint density at radius 2 is 2.22 bits per heavy atom. The number of aryl methyl sites for hydroxylation is 2. The largest absolute Gasteiger partial charge is 0.351 e. The lowest BCUT2D eigenvalue weighted by atomic mass is 10.3. The Hall–Kier alpha value is -2.48. The van der Waals surface area contributed by atoms with Crippen LogP contribution in [-0.4, -0.2) is 36.2 Å². The van der Waals surface area contributed by atoms with Gasteiger partial charge >= 0.3 is 0 Å². The summed E-state index contributed by atoms with van der Waals surface area (Å²) in [6, 6.07) is 5.70. The number of carbonyl (C=O) groups excluding carboxylic acids is 1. The molecule has 0 saturated carbocycles. The quantitative estimate of drug-likeness (QED) is 0.715. The van der Waals surface area contributed by atoms with Crippen LogP contribution in [0.3, 0.4) is 0 Å². The fourth-order valence-corrected chi connectivity index (χ4v) is 2.74. The highest BCUT2D eigenvalue weighted by atomic mass is 32.2. The minimum Gasteiger partial charge on any atom is -0.351 e. The van der Waals surface area contributed by atoms with Gasteiger partial charge in [-0.1, -0.05) is 17.8 Å². The van der Waals surface area contributed by atoms with E-state index < -0.39 is 0 Å². The molecule has 3 rings (SSSR count). The van der Waals surface area contributed by atoms with Gasteiger partial charge in [-0.05, 0) is 31.5 Å². The van der Waals surface area contributed by atoms with Gasteiger partial charge in [-0.2, -0.15) is 4.98 Å². The third-order valence-corrected chi connectivity index (χ3v) is 3.98. The molecule has 0 spiro atoms. The number of aromatic nitrogens is 5. The molecule has 0 bridgehead atoms. The van der Waals surface area contributed by atoms with Crippen molar-refractivity contribution in [3.8, 4) is 0 Å². The molecule has 3 aromatic rings. The maximum Gasteiger partial charge on any atom is 0.253 e. The summed E-state index contributed by atoms with van der Waals surface area (Å²) in [7, 11) is 0. The smallest absolute Gasteiger partial charge is 0.253 e. The molecular formula is C15H16N6OS. The van der Waals surface area contributed by atoms with Gasteiger partial charge in [0, 0.05) is 30.3 Å². The molecule has 1 N–H and O–H groups in total. The number of nitrogens with one attached hydrogen (secondary N) is 1. The maximum absolute atomic E-state index is 11.9. The summed E-state index contributed by atoms with van der Waals surface area (Å²) in [5.74, 6) is 0.745. The average Bonchev–Trinajstić information content (AvgIpc) is 2.95. The Morgan fingerprint density at radius 1 is 1.35 bits per heavy atom. The Balaban J connectivity index is 1.57. The monoisotopic (exact) mass is 328 g/mol. The first kappa shape index (κ1) is 15.4. The number of carbonyl (C=O) groups is 1. The number of hydrogen-bond donors (Lipinski definition) is 1. The van der Waals surface area contributed by atoms with Crippen LogP contribution in [0.25, 0.3) is 5.78 Å². The van der Waals surface area contributed by atoms with Gasteiger partial charge in [0.1, 0.15) is 0 Å². The van der Waals surface area contributed by atoms with Crippen molar-refractivity contribution in [2.24, 2.45) is 0 Å². The molecule has 118 valence electrons. The molecule has 0 aliphatic carbocycles. The summed E-state index contributed by atoms with van der Waals surface area (Å²) in [5.41, 5.74) is 2.83. The summed E-state index contributed by atoms with van der Waals surface area (Å²) >= 11 is 1.29. The predicted molar refractivity (Wildman–Crippen MR) is 87.1 cm³/mol. The first-order chi connectivity index (χ1) is 11.1. The summed E-state index contributed by atoms with van der Waals surface area (Å²) in [6.45, 7) is 4.33. The zero-order valence-corrected chi connectivity index (χ0v) is 13.7. The molecule has 1 amide bonds. The molecular weight excluding hydrogens is 312 g/mol. The minimum atomic E-state index is -0.0708. The van der Waals surface area contributed by atoms with E-state index in [4.69, 9.17) is 0 Å². The molecule has 0 fully saturated rings. The van der Waals surface area contributed by atoms with E-state index in [0.29, 0.717) is 17.5 Å². The standard InChI is InChI=1S/C15H16N6OS/c1-10-6-11(2)21-14(18-10)19-15(20-21)23-9-13(22)17-8-12-4-3-5-16-7-12/h3-7H,8-9H2,1-2H3,(H,17,22). The molecule has 3 aromatic heterocycles. The average molecular weight is 328 g/mol. The van der Waals surface area contributed by atoms with E-state index in [1.54, 1.807) is 16.9 Å². The van der Waals surface area contributed by atoms with Gasteiger partial charge in [0.2, 0.25) is 11.1 Å². The third-order valence-electron chi connectivity index (χ3n) is 3.14. The van der Waals surface area contributed by atoms with Crippen LogP contribution in [0, 0.1) is 13.8 Å². The number of pyridine rings is 1. The highest BCUT2D eigenvalue weighted by Gasteiger charge is 2.10. The lowest BCUT2D eigenvalue weighted by molar-refractivity contribution is -0.118. The van der Waals surface area contributed by atoms with E-state index in [0.717, 1.165) is 17.0 Å². The van der Waals surface area contributed by atoms with Gasteiger partial charge < -0.3 is 5.32 Å². The van der Waals surface area contributed by atoms with Crippen LogP contribution in [0.1, 0.15) is 17.0 Å². The second-order valence-corrected chi connectivity index (χ2v) is 6.01. The summed E-state index contributed by atoms with van der Waals surface area (Å²) in [6.07, 6.45) is 3.43. The van der Waals surface area contributed by atoms with E-state index in [9.17, 15) is 4.79 Å². The first-order valence-corrected chi connectivity index (χ1v) is 8.10. The number of rotatable bonds is 5. The lowest BCUT2D eigenvalue weighted by Gasteiger charge is -2.03. The van der Waals surface area contributed by atoms with Crippen molar-refractivity contribution in [2.45, 2.75) is 25.5 Å². The van der Waals surface area contributed by atoms with Crippen molar-refractivity contribution in [3.05, 3.63) is 47.5 Å². The summed E-state index contributed by atoms with van der Waals surface area (Å²) < 4.78 is 1.68. The van der Waals surface area contributed by atoms with E-state index >= 15 is 0 Å². The van der Waals surface area contributed by atoms with E-state index in [-0.39, 0.29) is 11.7 Å². The fraction of sp³-hybridized carbons (Fsp3) is 0.267. The Kier molecular flexibility index (Phi) is 4.52. The molecule has 3 heterocycles. The maximum atomic E-state index is 11.9. The van der Waals surface area contributed by atoms with Crippen molar-refractivity contribution in [3.63, 3.8) is 0 Å². The molecule has 0 unspecified atom stereocenters. The highest BCUT2D eigenvalue weighted by molar-refractivity contribution is 7.99. The molecule has 0 aromatic carbocycles. The van der Waals surface area contributed by atoms with Crippen LogP contribution in [0.2, 0.25) is 0 Å². The van der Waals surface area contributed by atoms with Crippen LogP contribution in [-0.2, 0) is 11.3 Å². The van der Waals surface area contributed by atoms with Crippen molar-refractivity contribution < 1.29 is 4.79 Å². The second kappa shape index (κ2) is 6.74. The lowest BCUT2D eigenvalue weighted by Crippen LogP contribution is -2.24. The number of fused-ring (bicyclic) bond motifs is 1. The van der Waals surface area contributed by atoms with Crippen molar-refractivity contribution in [2.75, 3.05) is 5.75 Å². The topological polar surface area (TPSA) is 85.1 Å². The zero-order valence-electron chi connectivity index (χ0n) is 12.9. The van der Waals surface area contributed by atoms with Crippen LogP contribution in [0.5, 0.6) is 0 Å². The highest BCUT2D eigenvalue weighted by Crippen LogP contribution is 2.15. The number of nitrogens with zero attached hydrogens (tertiary/aromatic N) is 5. The predicted octanol–water partition coefficient (Wildman–Crippen LogP) is 1.54. The van der Waals surface area contributed by atoms with Crippen molar-refractivity contribution >= 4 is 23.4 Å². The first-order valence-electron chi connectivity index (χ1n) is 7.11. The van der Waals surface area contributed by atoms with Crippen molar-refractivity contribution in [1.29, 1.82) is 0 Å². The van der Waals surface area contributed by atoms with Gasteiger partial charge in [0.15, 0.2) is 0 Å². The number of amides is 1. The number of hydrogen-bond acceptors (Lipinski definition) is 6. The Bertz CT molecular complexity index is 833. The van der Waals surface area contributed by atoms with Crippen LogP contribution >= 0.6 is 11.8 Å².